The topological polar surface area (TPSA) is 149 Å². The van der Waals surface area contributed by atoms with E-state index in [1.807, 2.05) is 0 Å². The summed E-state index contributed by atoms with van der Waals surface area (Å²) in [4.78, 5) is 0. The molecular weight excluding hydrogens is 318 g/mol. The summed E-state index contributed by atoms with van der Waals surface area (Å²) in [5.41, 5.74) is 0. The van der Waals surface area contributed by atoms with E-state index < -0.39 is 74.5 Å². The highest BCUT2D eigenvalue weighted by Gasteiger charge is 2.50. The monoisotopic (exact) mass is 341 g/mol. The van der Waals surface area contributed by atoms with Gasteiger partial charge in [-0.1, -0.05) is 0 Å². The predicted molar refractivity (Wildman–Crippen MR) is 71.0 cm³/mol. The molecule has 0 aliphatic carbocycles. The van der Waals surface area contributed by atoms with Gasteiger partial charge in [0.15, 0.2) is 12.5 Å². The predicted octanol–water partition coefficient (Wildman–Crippen LogP) is -3.35. The lowest BCUT2D eigenvalue weighted by molar-refractivity contribution is -0.335. The Morgan fingerprint density at radius 1 is 0.870 bits per heavy atom. The van der Waals surface area contributed by atoms with E-state index in [2.05, 4.69) is 0 Å². The third-order valence-electron chi connectivity index (χ3n) is 4.20. The Hall–Kier alpha value is -0.430. The third kappa shape index (κ3) is 3.65. The summed E-state index contributed by atoms with van der Waals surface area (Å²) in [6.45, 7) is 0.238. The van der Waals surface area contributed by atoms with E-state index in [9.17, 15) is 29.9 Å². The van der Waals surface area contributed by atoms with Crippen molar-refractivity contribution >= 4 is 0 Å². The Kier molecular flexibility index (Phi) is 6.28. The molecule has 136 valence electrons. The Balaban J connectivity index is 2.11. The normalized spacial score (nSPS) is 51.7. The number of alkyl halides is 1. The molecule has 0 saturated carbocycles. The summed E-state index contributed by atoms with van der Waals surface area (Å²) in [5.74, 6) is 0. The molecule has 0 radical (unpaired) electrons. The second-order valence-electron chi connectivity index (χ2n) is 5.80. The summed E-state index contributed by atoms with van der Waals surface area (Å²) in [6, 6.07) is 0. The zero-order chi connectivity index (χ0) is 17.3. The minimum atomic E-state index is -2.14. The molecule has 0 aromatic carbocycles. The lowest BCUT2D eigenvalue weighted by Gasteiger charge is -2.45. The van der Waals surface area contributed by atoms with Gasteiger partial charge in [0.25, 0.3) is 0 Å². The van der Waals surface area contributed by atoms with Crippen molar-refractivity contribution in [1.29, 1.82) is 0 Å². The van der Waals surface area contributed by atoms with Crippen molar-refractivity contribution in [1.82, 2.24) is 0 Å². The van der Waals surface area contributed by atoms with Crippen molar-refractivity contribution in [2.45, 2.75) is 68.2 Å². The summed E-state index contributed by atoms with van der Waals surface area (Å²) in [7, 11) is 0. The summed E-state index contributed by atoms with van der Waals surface area (Å²) in [5, 5.41) is 57.6. The van der Waals surface area contributed by atoms with Gasteiger partial charge in [-0.3, -0.25) is 0 Å². The number of hydrogen-bond acceptors (Lipinski definition) is 9. The maximum atomic E-state index is 13.9. The zero-order valence-corrected chi connectivity index (χ0v) is 12.5. The van der Waals surface area contributed by atoms with Crippen LogP contribution in [0, 0.1) is 0 Å². The van der Waals surface area contributed by atoms with Crippen molar-refractivity contribution in [3.8, 4) is 0 Å². The number of rotatable bonds is 4. The lowest BCUT2D eigenvalue weighted by Crippen LogP contribution is -2.63. The van der Waals surface area contributed by atoms with Gasteiger partial charge in [0, 0.05) is 0 Å². The van der Waals surface area contributed by atoms with Crippen LogP contribution in [0.5, 0.6) is 0 Å². The molecule has 2 rings (SSSR count). The van der Waals surface area contributed by atoms with Gasteiger partial charge < -0.3 is 44.8 Å². The third-order valence-corrected chi connectivity index (χ3v) is 4.20. The fraction of sp³-hybridized carbons (Fsp3) is 1.00. The second kappa shape index (κ2) is 7.64. The SMILES string of the molecule is CC1OC(CO)[C@@H](O[C@@H]2OC(CO)[C@@H](O)[C@@H]([18F])C2O)[C@@H](O)[C@@H]1O. The van der Waals surface area contributed by atoms with E-state index >= 15 is 0 Å². The number of ether oxygens (including phenoxy) is 3. The minimum absolute atomic E-state index is 0.549. The molecule has 2 aliphatic rings. The van der Waals surface area contributed by atoms with E-state index in [-0.39, 0.29) is 0 Å². The molecule has 0 spiro atoms. The summed E-state index contributed by atoms with van der Waals surface area (Å²) >= 11 is 0. The van der Waals surface area contributed by atoms with Crippen LogP contribution in [0.2, 0.25) is 0 Å². The fourth-order valence-electron chi connectivity index (χ4n) is 2.75. The molecule has 0 aromatic rings. The van der Waals surface area contributed by atoms with Gasteiger partial charge in [0.2, 0.25) is 0 Å². The van der Waals surface area contributed by atoms with Crippen LogP contribution in [-0.2, 0) is 14.2 Å². The van der Waals surface area contributed by atoms with Crippen LogP contribution < -0.4 is 0 Å². The highest BCUT2D eigenvalue weighted by atomic mass is 18.2. The van der Waals surface area contributed by atoms with Crippen molar-refractivity contribution in [3.05, 3.63) is 0 Å². The van der Waals surface area contributed by atoms with Crippen molar-refractivity contribution < 1.29 is 49.2 Å². The van der Waals surface area contributed by atoms with Crippen molar-refractivity contribution in [3.63, 3.8) is 0 Å². The van der Waals surface area contributed by atoms with Crippen LogP contribution in [0.15, 0.2) is 0 Å². The molecule has 10 atom stereocenters. The quantitative estimate of drug-likeness (QED) is 0.308. The van der Waals surface area contributed by atoms with Crippen molar-refractivity contribution in [2.75, 3.05) is 13.2 Å². The average molecular weight is 341 g/mol. The van der Waals surface area contributed by atoms with Gasteiger partial charge in [-0.2, -0.15) is 0 Å². The first-order valence-electron chi connectivity index (χ1n) is 7.36. The maximum absolute atomic E-state index is 13.9. The van der Waals surface area contributed by atoms with Crippen LogP contribution >= 0.6 is 0 Å². The fourth-order valence-corrected chi connectivity index (χ4v) is 2.75. The smallest absolute Gasteiger partial charge is 0.187 e. The average Bonchev–Trinajstić information content (AvgIpc) is 2.55. The zero-order valence-electron chi connectivity index (χ0n) is 12.5. The summed E-state index contributed by atoms with van der Waals surface area (Å²) in [6.07, 6.45) is -14.6. The molecule has 2 fully saturated rings. The van der Waals surface area contributed by atoms with Crippen LogP contribution in [-0.4, -0.2) is 105 Å². The van der Waals surface area contributed by atoms with Crippen LogP contribution in [0.1, 0.15) is 6.92 Å². The minimum Gasteiger partial charge on any atom is -0.394 e. The van der Waals surface area contributed by atoms with E-state index in [4.69, 9.17) is 19.3 Å². The van der Waals surface area contributed by atoms with Gasteiger partial charge in [0.05, 0.1) is 19.3 Å². The highest BCUT2D eigenvalue weighted by molar-refractivity contribution is 4.94. The van der Waals surface area contributed by atoms with Gasteiger partial charge in [-0.05, 0) is 6.92 Å². The van der Waals surface area contributed by atoms with E-state index in [1.54, 1.807) is 0 Å². The number of halogens is 1. The van der Waals surface area contributed by atoms with E-state index in [0.29, 0.717) is 0 Å². The molecular formula is C13H23FO9. The van der Waals surface area contributed by atoms with E-state index in [1.165, 1.54) is 6.92 Å². The molecule has 0 bridgehead atoms. The molecule has 0 amide bonds. The Morgan fingerprint density at radius 2 is 1.48 bits per heavy atom. The first-order chi connectivity index (χ1) is 10.8. The molecule has 2 heterocycles. The van der Waals surface area contributed by atoms with Gasteiger partial charge >= 0.3 is 0 Å². The first-order valence-corrected chi connectivity index (χ1v) is 7.36. The molecule has 23 heavy (non-hydrogen) atoms. The molecule has 9 nitrogen and oxygen atoms in total. The van der Waals surface area contributed by atoms with Crippen molar-refractivity contribution in [2.24, 2.45) is 0 Å². The van der Waals surface area contributed by atoms with Crippen LogP contribution in [0.3, 0.4) is 0 Å². The Bertz CT molecular complexity index is 382. The van der Waals surface area contributed by atoms with Gasteiger partial charge in [-0.25, -0.2) is 4.39 Å². The molecule has 2 saturated heterocycles. The Morgan fingerprint density at radius 3 is 2.04 bits per heavy atom. The number of aliphatic hydroxyl groups excluding tert-OH is 6. The van der Waals surface area contributed by atoms with E-state index in [0.717, 1.165) is 0 Å². The largest absolute Gasteiger partial charge is 0.394 e. The van der Waals surface area contributed by atoms with Gasteiger partial charge in [0.1, 0.15) is 42.7 Å². The molecule has 2 aliphatic heterocycles. The number of hydrogen-bond donors (Lipinski definition) is 6. The Labute approximate surface area is 131 Å². The second-order valence-corrected chi connectivity index (χ2v) is 5.80. The first kappa shape index (κ1) is 18.9. The molecule has 10 heteroatoms. The maximum Gasteiger partial charge on any atom is 0.187 e. The highest BCUT2D eigenvalue weighted by Crippen LogP contribution is 2.29. The standard InChI is InChI=1S/C13H23FO9/c1-4-8(17)11(20)12(6(3-16)21-4)23-13-10(19)7(14)9(18)5(2-15)22-13/h4-13,15-20H,2-3H2,1H3/t4?,5?,6?,7-,8-,9-,10?,11+,12-,13+/m1/s1/i14-1. The van der Waals surface area contributed by atoms with Gasteiger partial charge in [-0.15, -0.1) is 0 Å². The van der Waals surface area contributed by atoms with Crippen LogP contribution in [0.25, 0.3) is 0 Å². The molecule has 0 aromatic heterocycles. The number of aliphatic hydroxyl groups is 6. The molecule has 6 N–H and O–H groups in total. The summed E-state index contributed by atoms with van der Waals surface area (Å²) < 4.78 is 29.6. The molecule has 4 unspecified atom stereocenters. The lowest BCUT2D eigenvalue weighted by atomic mass is 9.95. The van der Waals surface area contributed by atoms with Crippen LogP contribution in [0.4, 0.5) is 4.39 Å².